The van der Waals surface area contributed by atoms with E-state index in [9.17, 15) is 4.79 Å². The molecule has 2 aromatic carbocycles. The first-order chi connectivity index (χ1) is 9.70. The largest absolute Gasteiger partial charge is 0.325 e. The van der Waals surface area contributed by atoms with Gasteiger partial charge in [-0.3, -0.25) is 4.79 Å². The highest BCUT2D eigenvalue weighted by molar-refractivity contribution is 7.98. The highest BCUT2D eigenvalue weighted by atomic mass is 32.2. The Bertz CT molecular complexity index is 568. The summed E-state index contributed by atoms with van der Waals surface area (Å²) in [6.07, 6.45) is 2.50. The molecule has 0 aromatic heterocycles. The molecular formula is C17H19NOS. The zero-order chi connectivity index (χ0) is 14.4. The van der Waals surface area contributed by atoms with Crippen molar-refractivity contribution >= 4 is 23.4 Å². The monoisotopic (exact) mass is 285 g/mol. The smallest absolute Gasteiger partial charge is 0.225 e. The van der Waals surface area contributed by atoms with Crippen LogP contribution in [0.25, 0.3) is 0 Å². The predicted octanol–water partition coefficient (Wildman–Crippen LogP) is 4.54. The average molecular weight is 285 g/mol. The van der Waals surface area contributed by atoms with Crippen LogP contribution in [0.3, 0.4) is 0 Å². The molecule has 1 amide bonds. The van der Waals surface area contributed by atoms with E-state index in [0.717, 1.165) is 10.6 Å². The van der Waals surface area contributed by atoms with Crippen molar-refractivity contribution in [3.63, 3.8) is 0 Å². The first-order valence-corrected chi connectivity index (χ1v) is 7.91. The van der Waals surface area contributed by atoms with Crippen molar-refractivity contribution in [2.45, 2.75) is 24.2 Å². The SMILES string of the molecule is CSc1ccccc1NC(=O)C[C@H](C)c1ccccc1. The number of carbonyl (C=O) groups is 1. The maximum Gasteiger partial charge on any atom is 0.225 e. The number of para-hydroxylation sites is 1. The number of amides is 1. The topological polar surface area (TPSA) is 29.1 Å². The number of nitrogens with one attached hydrogen (secondary N) is 1. The molecule has 0 aliphatic carbocycles. The van der Waals surface area contributed by atoms with Crippen molar-refractivity contribution in [2.24, 2.45) is 0 Å². The molecule has 0 saturated carbocycles. The van der Waals surface area contributed by atoms with E-state index in [0.29, 0.717) is 6.42 Å². The Morgan fingerprint density at radius 3 is 2.45 bits per heavy atom. The number of carbonyl (C=O) groups excluding carboxylic acids is 1. The van der Waals surface area contributed by atoms with Crippen molar-refractivity contribution in [3.8, 4) is 0 Å². The predicted molar refractivity (Wildman–Crippen MR) is 86.3 cm³/mol. The highest BCUT2D eigenvalue weighted by Crippen LogP contribution is 2.26. The first kappa shape index (κ1) is 14.7. The fourth-order valence-electron chi connectivity index (χ4n) is 2.13. The lowest BCUT2D eigenvalue weighted by Crippen LogP contribution is -2.14. The first-order valence-electron chi connectivity index (χ1n) is 6.68. The number of hydrogen-bond donors (Lipinski definition) is 1. The minimum absolute atomic E-state index is 0.0582. The molecule has 20 heavy (non-hydrogen) atoms. The molecule has 1 atom stereocenters. The van der Waals surface area contributed by atoms with Gasteiger partial charge >= 0.3 is 0 Å². The van der Waals surface area contributed by atoms with Crippen LogP contribution in [-0.2, 0) is 4.79 Å². The third-order valence-corrected chi connectivity index (χ3v) is 4.04. The number of rotatable bonds is 5. The number of hydrogen-bond acceptors (Lipinski definition) is 2. The second-order valence-corrected chi connectivity index (χ2v) is 5.61. The summed E-state index contributed by atoms with van der Waals surface area (Å²) in [5.74, 6) is 0.278. The highest BCUT2D eigenvalue weighted by Gasteiger charge is 2.12. The molecule has 0 unspecified atom stereocenters. The lowest BCUT2D eigenvalue weighted by Gasteiger charge is -2.13. The minimum atomic E-state index is 0.0582. The Hall–Kier alpha value is -1.74. The molecule has 2 nitrogen and oxygen atoms in total. The van der Waals surface area contributed by atoms with Gasteiger partial charge in [-0.05, 0) is 29.9 Å². The van der Waals surface area contributed by atoms with Gasteiger partial charge in [0.05, 0.1) is 5.69 Å². The standard InChI is InChI=1S/C17H19NOS/c1-13(14-8-4-3-5-9-14)12-17(19)18-15-10-6-7-11-16(15)20-2/h3-11,13H,12H2,1-2H3,(H,18,19)/t13-/m0/s1. The lowest BCUT2D eigenvalue weighted by molar-refractivity contribution is -0.116. The van der Waals surface area contributed by atoms with Gasteiger partial charge in [-0.1, -0.05) is 49.4 Å². The second-order valence-electron chi connectivity index (χ2n) is 4.76. The van der Waals surface area contributed by atoms with E-state index in [1.165, 1.54) is 5.56 Å². The van der Waals surface area contributed by atoms with Crippen LogP contribution in [-0.4, -0.2) is 12.2 Å². The summed E-state index contributed by atoms with van der Waals surface area (Å²) in [4.78, 5) is 13.2. The number of benzene rings is 2. The van der Waals surface area contributed by atoms with Gasteiger partial charge in [-0.2, -0.15) is 0 Å². The molecule has 0 saturated heterocycles. The fourth-order valence-corrected chi connectivity index (χ4v) is 2.68. The van der Waals surface area contributed by atoms with Crippen molar-refractivity contribution < 1.29 is 4.79 Å². The zero-order valence-corrected chi connectivity index (χ0v) is 12.6. The average Bonchev–Trinajstić information content (AvgIpc) is 2.48. The molecule has 0 fully saturated rings. The maximum absolute atomic E-state index is 12.1. The van der Waals surface area contributed by atoms with Crippen LogP contribution in [0.5, 0.6) is 0 Å². The summed E-state index contributed by atoms with van der Waals surface area (Å²) in [5, 5.41) is 3.00. The van der Waals surface area contributed by atoms with E-state index in [1.54, 1.807) is 11.8 Å². The normalized spacial score (nSPS) is 11.9. The van der Waals surface area contributed by atoms with Gasteiger partial charge < -0.3 is 5.32 Å². The van der Waals surface area contributed by atoms with E-state index < -0.39 is 0 Å². The van der Waals surface area contributed by atoms with Crippen LogP contribution < -0.4 is 5.32 Å². The van der Waals surface area contributed by atoms with Crippen LogP contribution in [0.15, 0.2) is 59.5 Å². The molecule has 1 N–H and O–H groups in total. The summed E-state index contributed by atoms with van der Waals surface area (Å²) in [6.45, 7) is 2.08. The molecule has 2 rings (SSSR count). The second kappa shape index (κ2) is 7.15. The lowest BCUT2D eigenvalue weighted by atomic mass is 9.97. The van der Waals surface area contributed by atoms with Crippen LogP contribution in [0.4, 0.5) is 5.69 Å². The quantitative estimate of drug-likeness (QED) is 0.817. The van der Waals surface area contributed by atoms with Gasteiger partial charge in [-0.25, -0.2) is 0 Å². The van der Waals surface area contributed by atoms with Crippen LogP contribution in [0, 0.1) is 0 Å². The molecule has 104 valence electrons. The van der Waals surface area contributed by atoms with Gasteiger partial charge in [0.2, 0.25) is 5.91 Å². The molecule has 0 radical (unpaired) electrons. The third kappa shape index (κ3) is 3.87. The van der Waals surface area contributed by atoms with Crippen molar-refractivity contribution in [1.29, 1.82) is 0 Å². The summed E-state index contributed by atoms with van der Waals surface area (Å²) in [6, 6.07) is 18.0. The molecule has 0 spiro atoms. The Morgan fingerprint density at radius 1 is 1.10 bits per heavy atom. The molecule has 0 aliphatic rings. The van der Waals surface area contributed by atoms with Gasteiger partial charge in [0.25, 0.3) is 0 Å². The number of thioether (sulfide) groups is 1. The Morgan fingerprint density at radius 2 is 1.75 bits per heavy atom. The third-order valence-electron chi connectivity index (χ3n) is 3.24. The fraction of sp³-hybridized carbons (Fsp3) is 0.235. The van der Waals surface area contributed by atoms with E-state index >= 15 is 0 Å². The summed E-state index contributed by atoms with van der Waals surface area (Å²) in [7, 11) is 0. The molecule has 2 aromatic rings. The Kier molecular flexibility index (Phi) is 5.24. The van der Waals surface area contributed by atoms with Crippen LogP contribution >= 0.6 is 11.8 Å². The summed E-state index contributed by atoms with van der Waals surface area (Å²) < 4.78 is 0. The van der Waals surface area contributed by atoms with E-state index in [4.69, 9.17) is 0 Å². The van der Waals surface area contributed by atoms with Gasteiger partial charge in [0.1, 0.15) is 0 Å². The van der Waals surface area contributed by atoms with Gasteiger partial charge in [0.15, 0.2) is 0 Å². The molecule has 3 heteroatoms. The summed E-state index contributed by atoms with van der Waals surface area (Å²) >= 11 is 1.64. The van der Waals surface area contributed by atoms with Gasteiger partial charge in [0, 0.05) is 11.3 Å². The maximum atomic E-state index is 12.1. The molecular weight excluding hydrogens is 266 g/mol. The van der Waals surface area contributed by atoms with E-state index in [-0.39, 0.29) is 11.8 Å². The van der Waals surface area contributed by atoms with E-state index in [1.807, 2.05) is 48.7 Å². The summed E-state index contributed by atoms with van der Waals surface area (Å²) in [5.41, 5.74) is 2.09. The number of anilines is 1. The van der Waals surface area contributed by atoms with Gasteiger partial charge in [-0.15, -0.1) is 11.8 Å². The zero-order valence-electron chi connectivity index (χ0n) is 11.8. The molecule has 0 bridgehead atoms. The van der Waals surface area contributed by atoms with E-state index in [2.05, 4.69) is 24.4 Å². The Labute approximate surface area is 124 Å². The van der Waals surface area contributed by atoms with Crippen molar-refractivity contribution in [2.75, 3.05) is 11.6 Å². The molecule has 0 heterocycles. The van der Waals surface area contributed by atoms with Crippen molar-refractivity contribution in [1.82, 2.24) is 0 Å². The Balaban J connectivity index is 1.99. The molecule has 0 aliphatic heterocycles. The van der Waals surface area contributed by atoms with Crippen molar-refractivity contribution in [3.05, 3.63) is 60.2 Å². The van der Waals surface area contributed by atoms with Crippen LogP contribution in [0.2, 0.25) is 0 Å². The van der Waals surface area contributed by atoms with Crippen LogP contribution in [0.1, 0.15) is 24.8 Å². The minimum Gasteiger partial charge on any atom is -0.325 e.